The van der Waals surface area contributed by atoms with Crippen molar-refractivity contribution in [3.8, 4) is 0 Å². The zero-order valence-electron chi connectivity index (χ0n) is 11.8. The summed E-state index contributed by atoms with van der Waals surface area (Å²) < 4.78 is 1.91. The molecule has 0 saturated heterocycles. The Kier molecular flexibility index (Phi) is 4.62. The number of aryl methyl sites for hydroxylation is 1. The maximum atomic E-state index is 11.8. The van der Waals surface area contributed by atoms with Crippen molar-refractivity contribution in [2.24, 2.45) is 0 Å². The number of rotatable bonds is 6. The highest BCUT2D eigenvalue weighted by molar-refractivity contribution is 7.09. The van der Waals surface area contributed by atoms with Crippen molar-refractivity contribution < 1.29 is 4.79 Å². The van der Waals surface area contributed by atoms with Crippen LogP contribution in [0.1, 0.15) is 17.1 Å². The number of carbonyl (C=O) groups is 1. The molecule has 6 nitrogen and oxygen atoms in total. The van der Waals surface area contributed by atoms with Crippen LogP contribution >= 0.6 is 11.3 Å². The van der Waals surface area contributed by atoms with Crippen LogP contribution in [0.3, 0.4) is 0 Å². The van der Waals surface area contributed by atoms with E-state index in [2.05, 4.69) is 32.2 Å². The third-order valence-electron chi connectivity index (χ3n) is 3.63. The summed E-state index contributed by atoms with van der Waals surface area (Å²) in [6.07, 6.45) is 4.41. The standard InChI is InChI=1S/C14H19N5OS/c20-14(15-6-5-12-2-1-7-21-12)8-16-11-3-4-13-17-10-18-19(13)9-11/h1-2,7,10-11,16H,3-6,8-9H2,(H,15,20)/t11-/m1/s1. The van der Waals surface area contributed by atoms with Gasteiger partial charge < -0.3 is 10.6 Å². The molecule has 2 aromatic heterocycles. The van der Waals surface area contributed by atoms with Gasteiger partial charge in [-0.15, -0.1) is 11.3 Å². The fourth-order valence-corrected chi connectivity index (χ4v) is 3.19. The third kappa shape index (κ3) is 3.89. The van der Waals surface area contributed by atoms with Gasteiger partial charge in [0, 0.05) is 23.9 Å². The summed E-state index contributed by atoms with van der Waals surface area (Å²) >= 11 is 1.72. The van der Waals surface area contributed by atoms with Crippen molar-refractivity contribution in [2.45, 2.75) is 31.8 Å². The van der Waals surface area contributed by atoms with Crippen LogP contribution in [0.2, 0.25) is 0 Å². The Morgan fingerprint density at radius 1 is 1.52 bits per heavy atom. The Balaban J connectivity index is 1.34. The van der Waals surface area contributed by atoms with E-state index in [9.17, 15) is 4.79 Å². The van der Waals surface area contributed by atoms with Crippen LogP contribution in [0.5, 0.6) is 0 Å². The van der Waals surface area contributed by atoms with Gasteiger partial charge in [-0.1, -0.05) is 6.07 Å². The molecule has 1 aliphatic rings. The van der Waals surface area contributed by atoms with E-state index in [0.717, 1.165) is 31.6 Å². The number of carbonyl (C=O) groups excluding carboxylic acids is 1. The zero-order chi connectivity index (χ0) is 14.5. The molecule has 112 valence electrons. The molecule has 7 heteroatoms. The maximum Gasteiger partial charge on any atom is 0.233 e. The molecule has 1 atom stereocenters. The second-order valence-corrected chi connectivity index (χ2v) is 6.19. The minimum absolute atomic E-state index is 0.0518. The van der Waals surface area contributed by atoms with Crippen molar-refractivity contribution in [2.75, 3.05) is 13.1 Å². The Labute approximate surface area is 127 Å². The zero-order valence-corrected chi connectivity index (χ0v) is 12.6. The summed E-state index contributed by atoms with van der Waals surface area (Å²) in [6.45, 7) is 1.84. The summed E-state index contributed by atoms with van der Waals surface area (Å²) in [4.78, 5) is 17.3. The molecule has 0 saturated carbocycles. The first-order chi connectivity index (χ1) is 10.3. The highest BCUT2D eigenvalue weighted by Crippen LogP contribution is 2.11. The van der Waals surface area contributed by atoms with Gasteiger partial charge in [0.1, 0.15) is 12.2 Å². The van der Waals surface area contributed by atoms with E-state index in [0.29, 0.717) is 19.1 Å². The van der Waals surface area contributed by atoms with E-state index >= 15 is 0 Å². The molecule has 3 heterocycles. The molecule has 0 radical (unpaired) electrons. The summed E-state index contributed by atoms with van der Waals surface area (Å²) in [7, 11) is 0. The molecule has 2 aromatic rings. The summed E-state index contributed by atoms with van der Waals surface area (Å²) in [6, 6.07) is 4.42. The molecule has 0 aromatic carbocycles. The number of hydrogen-bond donors (Lipinski definition) is 2. The molecule has 0 fully saturated rings. The topological polar surface area (TPSA) is 71.8 Å². The first-order valence-electron chi connectivity index (χ1n) is 7.20. The second kappa shape index (κ2) is 6.82. The quantitative estimate of drug-likeness (QED) is 0.820. The number of aromatic nitrogens is 3. The average molecular weight is 305 g/mol. The molecule has 21 heavy (non-hydrogen) atoms. The van der Waals surface area contributed by atoms with Gasteiger partial charge in [-0.05, 0) is 24.3 Å². The lowest BCUT2D eigenvalue weighted by molar-refractivity contribution is -0.120. The Hall–Kier alpha value is -1.73. The van der Waals surface area contributed by atoms with Crippen molar-refractivity contribution in [1.29, 1.82) is 0 Å². The molecule has 1 aliphatic heterocycles. The van der Waals surface area contributed by atoms with Crippen LogP contribution in [0.25, 0.3) is 0 Å². The first-order valence-corrected chi connectivity index (χ1v) is 8.08. The Bertz CT molecular complexity index is 580. The van der Waals surface area contributed by atoms with Gasteiger partial charge in [0.05, 0.1) is 13.1 Å². The fourth-order valence-electron chi connectivity index (χ4n) is 2.48. The van der Waals surface area contributed by atoms with E-state index < -0.39 is 0 Å². The Morgan fingerprint density at radius 3 is 3.33 bits per heavy atom. The van der Waals surface area contributed by atoms with Crippen LogP contribution in [-0.4, -0.2) is 39.8 Å². The molecule has 0 unspecified atom stereocenters. The van der Waals surface area contributed by atoms with Gasteiger partial charge in [0.25, 0.3) is 0 Å². The predicted octanol–water partition coefficient (Wildman–Crippen LogP) is 0.603. The van der Waals surface area contributed by atoms with Gasteiger partial charge in [0.2, 0.25) is 5.91 Å². The van der Waals surface area contributed by atoms with E-state index in [1.807, 2.05) is 10.7 Å². The number of thiophene rings is 1. The number of nitrogens with one attached hydrogen (secondary N) is 2. The molecule has 0 aliphatic carbocycles. The minimum Gasteiger partial charge on any atom is -0.355 e. The van der Waals surface area contributed by atoms with Crippen molar-refractivity contribution in [3.63, 3.8) is 0 Å². The van der Waals surface area contributed by atoms with Gasteiger partial charge in [-0.2, -0.15) is 5.10 Å². The molecule has 1 amide bonds. The molecule has 0 bridgehead atoms. The number of fused-ring (bicyclic) bond motifs is 1. The van der Waals surface area contributed by atoms with Crippen LogP contribution in [0, 0.1) is 0 Å². The lowest BCUT2D eigenvalue weighted by Crippen LogP contribution is -2.43. The second-order valence-electron chi connectivity index (χ2n) is 5.15. The van der Waals surface area contributed by atoms with E-state index in [1.54, 1.807) is 17.7 Å². The van der Waals surface area contributed by atoms with Crippen LogP contribution < -0.4 is 10.6 Å². The lowest BCUT2D eigenvalue weighted by Gasteiger charge is -2.23. The third-order valence-corrected chi connectivity index (χ3v) is 4.57. The molecule has 2 N–H and O–H groups in total. The van der Waals surface area contributed by atoms with Gasteiger partial charge in [-0.25, -0.2) is 9.67 Å². The molecule has 0 spiro atoms. The van der Waals surface area contributed by atoms with E-state index in [4.69, 9.17) is 0 Å². The van der Waals surface area contributed by atoms with Gasteiger partial charge >= 0.3 is 0 Å². The minimum atomic E-state index is 0.0518. The summed E-state index contributed by atoms with van der Waals surface area (Å²) in [5.41, 5.74) is 0. The van der Waals surface area contributed by atoms with Crippen LogP contribution in [-0.2, 0) is 24.2 Å². The fraction of sp³-hybridized carbons (Fsp3) is 0.500. The highest BCUT2D eigenvalue weighted by Gasteiger charge is 2.19. The number of nitrogens with zero attached hydrogens (tertiary/aromatic N) is 3. The van der Waals surface area contributed by atoms with Crippen LogP contribution in [0.15, 0.2) is 23.8 Å². The maximum absolute atomic E-state index is 11.8. The number of hydrogen-bond acceptors (Lipinski definition) is 5. The van der Waals surface area contributed by atoms with Gasteiger partial charge in [-0.3, -0.25) is 4.79 Å². The number of amides is 1. The van der Waals surface area contributed by atoms with Crippen molar-refractivity contribution in [3.05, 3.63) is 34.5 Å². The van der Waals surface area contributed by atoms with E-state index in [1.165, 1.54) is 4.88 Å². The predicted molar refractivity (Wildman–Crippen MR) is 81.2 cm³/mol. The summed E-state index contributed by atoms with van der Waals surface area (Å²) in [5.74, 6) is 1.09. The normalized spacial score (nSPS) is 17.4. The first kappa shape index (κ1) is 14.2. The monoisotopic (exact) mass is 305 g/mol. The van der Waals surface area contributed by atoms with Crippen LogP contribution in [0.4, 0.5) is 0 Å². The van der Waals surface area contributed by atoms with Crippen molar-refractivity contribution >= 4 is 17.2 Å². The highest BCUT2D eigenvalue weighted by atomic mass is 32.1. The molecular formula is C14H19N5OS. The largest absolute Gasteiger partial charge is 0.355 e. The lowest BCUT2D eigenvalue weighted by atomic mass is 10.1. The smallest absolute Gasteiger partial charge is 0.233 e. The molecule has 3 rings (SSSR count). The SMILES string of the molecule is O=C(CN[C@@H]1CCc2ncnn2C1)NCCc1cccs1. The Morgan fingerprint density at radius 2 is 2.48 bits per heavy atom. The average Bonchev–Trinajstić information content (AvgIpc) is 3.15. The summed E-state index contributed by atoms with van der Waals surface area (Å²) in [5, 5.41) is 12.5. The van der Waals surface area contributed by atoms with E-state index in [-0.39, 0.29) is 5.91 Å². The van der Waals surface area contributed by atoms with Gasteiger partial charge in [0.15, 0.2) is 0 Å². The van der Waals surface area contributed by atoms with Crippen molar-refractivity contribution in [1.82, 2.24) is 25.4 Å². The molecular weight excluding hydrogens is 286 g/mol.